The van der Waals surface area contributed by atoms with Gasteiger partial charge in [-0.25, -0.2) is 0 Å². The smallest absolute Gasteiger partial charge is 0.270 e. The number of nitrogens with zero attached hydrogens (tertiary/aromatic N) is 3. The summed E-state index contributed by atoms with van der Waals surface area (Å²) in [5, 5.41) is 21.3. The molecule has 0 N–H and O–H groups in total. The number of methoxy groups -OCH3 is 1. The van der Waals surface area contributed by atoms with Gasteiger partial charge in [-0.3, -0.25) is 10.1 Å². The van der Waals surface area contributed by atoms with Gasteiger partial charge in [-0.05, 0) is 55.3 Å². The van der Waals surface area contributed by atoms with E-state index in [9.17, 15) is 15.4 Å². The maximum Gasteiger partial charge on any atom is 0.270 e. The number of halogens is 1. The van der Waals surface area contributed by atoms with Gasteiger partial charge in [0, 0.05) is 28.5 Å². The summed E-state index contributed by atoms with van der Waals surface area (Å²) in [4.78, 5) is 10.6. The number of hydrogen-bond acceptors (Lipinski definition) is 4. The Labute approximate surface area is 173 Å². The summed E-state index contributed by atoms with van der Waals surface area (Å²) in [5.41, 5.74) is 4.22. The molecule has 0 saturated heterocycles. The number of aryl methyl sites for hydroxylation is 1. The Morgan fingerprint density at radius 3 is 2.66 bits per heavy atom. The van der Waals surface area contributed by atoms with E-state index in [-0.39, 0.29) is 5.69 Å². The van der Waals surface area contributed by atoms with Crippen molar-refractivity contribution >= 4 is 28.9 Å². The van der Waals surface area contributed by atoms with E-state index in [1.54, 1.807) is 37.5 Å². The van der Waals surface area contributed by atoms with E-state index in [0.717, 1.165) is 22.6 Å². The molecule has 1 heterocycles. The standard InChI is InChI=1S/C22H18ClN3O3/c1-14-9-17(10-18(13-24)16-5-4-6-20(11-16)26(27)28)15(2)25(14)21-12-19(23)7-8-22(21)29-3/h4-12H,1-3H3. The second-order valence-corrected chi connectivity index (χ2v) is 6.89. The van der Waals surface area contributed by atoms with E-state index >= 15 is 0 Å². The van der Waals surface area contributed by atoms with Gasteiger partial charge in [-0.2, -0.15) is 5.26 Å². The van der Waals surface area contributed by atoms with E-state index in [1.165, 1.54) is 12.1 Å². The lowest BCUT2D eigenvalue weighted by Gasteiger charge is -2.14. The van der Waals surface area contributed by atoms with Crippen molar-refractivity contribution < 1.29 is 9.66 Å². The summed E-state index contributed by atoms with van der Waals surface area (Å²) in [5.74, 6) is 0.672. The topological polar surface area (TPSA) is 81.1 Å². The van der Waals surface area contributed by atoms with Crippen LogP contribution in [0.1, 0.15) is 22.5 Å². The highest BCUT2D eigenvalue weighted by Gasteiger charge is 2.15. The molecule has 3 aromatic rings. The fourth-order valence-corrected chi connectivity index (χ4v) is 3.43. The lowest BCUT2D eigenvalue weighted by atomic mass is 10.0. The molecule has 29 heavy (non-hydrogen) atoms. The molecule has 0 amide bonds. The molecule has 0 unspecified atom stereocenters. The number of benzene rings is 2. The molecule has 0 bridgehead atoms. The molecule has 3 rings (SSSR count). The van der Waals surface area contributed by atoms with Crippen LogP contribution in [0.25, 0.3) is 17.3 Å². The number of allylic oxidation sites excluding steroid dienone is 1. The van der Waals surface area contributed by atoms with E-state index in [0.29, 0.717) is 21.9 Å². The minimum atomic E-state index is -0.476. The highest BCUT2D eigenvalue weighted by Crippen LogP contribution is 2.32. The van der Waals surface area contributed by atoms with Gasteiger partial charge in [-0.1, -0.05) is 23.7 Å². The number of non-ortho nitro benzene ring substituents is 1. The van der Waals surface area contributed by atoms with Crippen molar-refractivity contribution in [1.82, 2.24) is 4.57 Å². The van der Waals surface area contributed by atoms with Crippen molar-refractivity contribution in [3.63, 3.8) is 0 Å². The number of rotatable bonds is 5. The molecule has 0 aliphatic carbocycles. The van der Waals surface area contributed by atoms with E-state index in [1.807, 2.05) is 30.5 Å². The summed E-state index contributed by atoms with van der Waals surface area (Å²) in [6.45, 7) is 3.88. The predicted octanol–water partition coefficient (Wildman–Crippen LogP) is 5.73. The molecular formula is C22H18ClN3O3. The first-order valence-electron chi connectivity index (χ1n) is 8.75. The van der Waals surface area contributed by atoms with Gasteiger partial charge in [0.15, 0.2) is 0 Å². The van der Waals surface area contributed by atoms with Gasteiger partial charge in [0.1, 0.15) is 5.75 Å². The molecule has 7 heteroatoms. The Morgan fingerprint density at radius 1 is 1.24 bits per heavy atom. The van der Waals surface area contributed by atoms with Crippen molar-refractivity contribution in [3.8, 4) is 17.5 Å². The minimum absolute atomic E-state index is 0.0576. The summed E-state index contributed by atoms with van der Waals surface area (Å²) >= 11 is 6.18. The first-order valence-corrected chi connectivity index (χ1v) is 9.13. The van der Waals surface area contributed by atoms with Crippen molar-refractivity contribution in [2.24, 2.45) is 0 Å². The maximum atomic E-state index is 11.0. The van der Waals surface area contributed by atoms with Crippen LogP contribution in [0.2, 0.25) is 5.02 Å². The highest BCUT2D eigenvalue weighted by atomic mass is 35.5. The SMILES string of the molecule is COc1ccc(Cl)cc1-n1c(C)cc(C=C(C#N)c2cccc([N+](=O)[O-])c2)c1C. The molecule has 146 valence electrons. The van der Waals surface area contributed by atoms with E-state index < -0.39 is 4.92 Å². The van der Waals surface area contributed by atoms with Crippen molar-refractivity contribution in [1.29, 1.82) is 5.26 Å². The third-order valence-corrected chi connectivity index (χ3v) is 4.88. The molecular weight excluding hydrogens is 390 g/mol. The minimum Gasteiger partial charge on any atom is -0.495 e. The molecule has 0 aliphatic heterocycles. The second-order valence-electron chi connectivity index (χ2n) is 6.46. The lowest BCUT2D eigenvalue weighted by Crippen LogP contribution is -2.02. The van der Waals surface area contributed by atoms with Crippen LogP contribution in [0, 0.1) is 35.3 Å². The lowest BCUT2D eigenvalue weighted by molar-refractivity contribution is -0.384. The van der Waals surface area contributed by atoms with Crippen molar-refractivity contribution in [2.75, 3.05) is 7.11 Å². The Balaban J connectivity index is 2.13. The Hall–Kier alpha value is -3.56. The van der Waals surface area contributed by atoms with Crippen LogP contribution < -0.4 is 4.74 Å². The van der Waals surface area contributed by atoms with Crippen molar-refractivity contribution in [2.45, 2.75) is 13.8 Å². The molecule has 0 atom stereocenters. The molecule has 6 nitrogen and oxygen atoms in total. The largest absolute Gasteiger partial charge is 0.495 e. The summed E-state index contributed by atoms with van der Waals surface area (Å²) in [6.07, 6.45) is 1.73. The zero-order chi connectivity index (χ0) is 21.1. The van der Waals surface area contributed by atoms with Crippen LogP contribution in [-0.2, 0) is 0 Å². The molecule has 0 spiro atoms. The Bertz CT molecular complexity index is 1170. The number of hydrogen-bond donors (Lipinski definition) is 0. The van der Waals surface area contributed by atoms with Crippen LogP contribution in [-0.4, -0.2) is 16.6 Å². The van der Waals surface area contributed by atoms with Crippen LogP contribution in [0.3, 0.4) is 0 Å². The van der Waals surface area contributed by atoms with Crippen LogP contribution in [0.5, 0.6) is 5.75 Å². The quantitative estimate of drug-likeness (QED) is 0.307. The van der Waals surface area contributed by atoms with Gasteiger partial charge in [0.2, 0.25) is 0 Å². The Kier molecular flexibility index (Phi) is 5.71. The van der Waals surface area contributed by atoms with Gasteiger partial charge >= 0.3 is 0 Å². The summed E-state index contributed by atoms with van der Waals surface area (Å²) in [6, 6.07) is 15.5. The number of ether oxygens (including phenoxy) is 1. The fourth-order valence-electron chi connectivity index (χ4n) is 3.26. The highest BCUT2D eigenvalue weighted by molar-refractivity contribution is 6.30. The number of nitriles is 1. The molecule has 0 saturated carbocycles. The number of nitro benzene ring substituents is 1. The zero-order valence-electron chi connectivity index (χ0n) is 16.1. The van der Waals surface area contributed by atoms with Crippen LogP contribution in [0.15, 0.2) is 48.5 Å². The van der Waals surface area contributed by atoms with Crippen LogP contribution >= 0.6 is 11.6 Å². The molecule has 2 aromatic carbocycles. The fraction of sp³-hybridized carbons (Fsp3) is 0.136. The maximum absolute atomic E-state index is 11.0. The third-order valence-electron chi connectivity index (χ3n) is 4.64. The average molecular weight is 408 g/mol. The molecule has 0 radical (unpaired) electrons. The summed E-state index contributed by atoms with van der Waals surface area (Å²) in [7, 11) is 1.60. The van der Waals surface area contributed by atoms with E-state index in [4.69, 9.17) is 16.3 Å². The van der Waals surface area contributed by atoms with Gasteiger partial charge in [0.05, 0.1) is 29.4 Å². The first-order chi connectivity index (χ1) is 13.8. The summed E-state index contributed by atoms with van der Waals surface area (Å²) < 4.78 is 7.47. The van der Waals surface area contributed by atoms with E-state index in [2.05, 4.69) is 6.07 Å². The normalized spacial score (nSPS) is 11.2. The second kappa shape index (κ2) is 8.21. The first kappa shape index (κ1) is 20.2. The average Bonchev–Trinajstić information content (AvgIpc) is 2.99. The molecule has 0 fully saturated rings. The number of nitro groups is 1. The molecule has 0 aliphatic rings. The van der Waals surface area contributed by atoms with Gasteiger partial charge in [0.25, 0.3) is 5.69 Å². The monoisotopic (exact) mass is 407 g/mol. The number of aromatic nitrogens is 1. The zero-order valence-corrected chi connectivity index (χ0v) is 16.9. The van der Waals surface area contributed by atoms with Gasteiger partial charge < -0.3 is 9.30 Å². The predicted molar refractivity (Wildman–Crippen MR) is 113 cm³/mol. The Morgan fingerprint density at radius 2 is 2.00 bits per heavy atom. The van der Waals surface area contributed by atoms with Crippen molar-refractivity contribution in [3.05, 3.63) is 86.2 Å². The van der Waals surface area contributed by atoms with Gasteiger partial charge in [-0.15, -0.1) is 0 Å². The third kappa shape index (κ3) is 4.00. The molecule has 1 aromatic heterocycles. The van der Waals surface area contributed by atoms with Crippen LogP contribution in [0.4, 0.5) is 5.69 Å².